The Balaban J connectivity index is 1.73. The first-order valence-corrected chi connectivity index (χ1v) is 10.2. The van der Waals surface area contributed by atoms with E-state index in [0.29, 0.717) is 11.3 Å². The summed E-state index contributed by atoms with van der Waals surface area (Å²) in [6.45, 7) is 5.39. The van der Waals surface area contributed by atoms with E-state index in [2.05, 4.69) is 10.4 Å². The van der Waals surface area contributed by atoms with Crippen molar-refractivity contribution in [2.75, 3.05) is 0 Å². The fraction of sp³-hybridized carbons (Fsp3) is 0.333. The van der Waals surface area contributed by atoms with E-state index in [1.54, 1.807) is 20.8 Å². The number of nitrogens with one attached hydrogen (secondary N) is 1. The topological polar surface area (TPSA) is 94.8 Å². The van der Waals surface area contributed by atoms with Gasteiger partial charge in [-0.05, 0) is 33.3 Å². The van der Waals surface area contributed by atoms with Gasteiger partial charge in [-0.1, -0.05) is 42.5 Å². The lowest BCUT2D eigenvalue weighted by Gasteiger charge is -2.32. The lowest BCUT2D eigenvalue weighted by molar-refractivity contribution is -0.129. The Morgan fingerprint density at radius 3 is 2.65 bits per heavy atom. The number of Topliss-reactive ketones (excluding diaryl/α,β-unsaturated/α-hetero) is 1. The van der Waals surface area contributed by atoms with Gasteiger partial charge in [-0.15, -0.1) is 0 Å². The monoisotopic (exact) mass is 416 g/mol. The summed E-state index contributed by atoms with van der Waals surface area (Å²) in [7, 11) is 0. The van der Waals surface area contributed by atoms with Crippen LogP contribution in [0.25, 0.3) is 0 Å². The van der Waals surface area contributed by atoms with Gasteiger partial charge in [-0.3, -0.25) is 14.6 Å². The quantitative estimate of drug-likeness (QED) is 0.601. The van der Waals surface area contributed by atoms with E-state index in [-0.39, 0.29) is 17.8 Å². The van der Waals surface area contributed by atoms with Gasteiger partial charge in [0.2, 0.25) is 11.7 Å². The van der Waals surface area contributed by atoms with Gasteiger partial charge >= 0.3 is 0 Å². The number of benzene rings is 1. The summed E-state index contributed by atoms with van der Waals surface area (Å²) < 4.78 is 5.77. The minimum absolute atomic E-state index is 0.0856. The Kier molecular flexibility index (Phi) is 5.24. The third-order valence-electron chi connectivity index (χ3n) is 5.20. The third-order valence-corrected chi connectivity index (χ3v) is 5.20. The van der Waals surface area contributed by atoms with Crippen LogP contribution in [0.5, 0.6) is 5.75 Å². The van der Waals surface area contributed by atoms with Crippen LogP contribution >= 0.6 is 0 Å². The van der Waals surface area contributed by atoms with Crippen LogP contribution in [0.2, 0.25) is 0 Å². The average Bonchev–Trinajstić information content (AvgIpc) is 3.14. The largest absolute Gasteiger partial charge is 0.464 e. The molecular formula is C24H24N4O3. The zero-order valence-electron chi connectivity index (χ0n) is 17.7. The molecule has 0 aromatic heterocycles. The molecule has 0 spiro atoms. The molecule has 3 aliphatic rings. The zero-order chi connectivity index (χ0) is 22.2. The number of carbonyl (C=O) groups is 2. The number of carbonyl (C=O) groups excluding carboxylic acids is 2. The van der Waals surface area contributed by atoms with Crippen LogP contribution in [0.4, 0.5) is 0 Å². The van der Waals surface area contributed by atoms with E-state index in [0.717, 1.165) is 12.0 Å². The van der Waals surface area contributed by atoms with Gasteiger partial charge < -0.3 is 10.1 Å². The molecule has 0 fully saturated rings. The van der Waals surface area contributed by atoms with Crippen molar-refractivity contribution in [2.45, 2.75) is 44.8 Å². The lowest BCUT2D eigenvalue weighted by Crippen LogP contribution is -2.46. The number of ketones is 1. The van der Waals surface area contributed by atoms with Crippen molar-refractivity contribution in [3.05, 3.63) is 66.0 Å². The summed E-state index contributed by atoms with van der Waals surface area (Å²) in [6.07, 6.45) is 10.5. The minimum Gasteiger partial charge on any atom is -0.464 e. The van der Waals surface area contributed by atoms with E-state index in [1.165, 1.54) is 6.26 Å². The second-order valence-electron chi connectivity index (χ2n) is 8.71. The Morgan fingerprint density at radius 1 is 1.26 bits per heavy atom. The Hall–Kier alpha value is -3.66. The van der Waals surface area contributed by atoms with Gasteiger partial charge in [-0.2, -0.15) is 10.4 Å². The summed E-state index contributed by atoms with van der Waals surface area (Å²) in [5.74, 6) is -2.06. The van der Waals surface area contributed by atoms with Crippen LogP contribution in [0, 0.1) is 17.2 Å². The second-order valence-corrected chi connectivity index (χ2v) is 8.71. The normalized spacial score (nSPS) is 20.6. The number of hydrogen-bond donors (Lipinski definition) is 1. The number of allylic oxidation sites excluding steroid dienone is 2. The van der Waals surface area contributed by atoms with E-state index >= 15 is 0 Å². The number of hydrazone groups is 1. The van der Waals surface area contributed by atoms with Crippen molar-refractivity contribution < 1.29 is 14.3 Å². The molecule has 7 heteroatoms. The summed E-state index contributed by atoms with van der Waals surface area (Å²) in [4.78, 5) is 26.0. The average molecular weight is 416 g/mol. The van der Waals surface area contributed by atoms with Gasteiger partial charge in [0.1, 0.15) is 17.5 Å². The van der Waals surface area contributed by atoms with Gasteiger partial charge in [-0.25, -0.2) is 0 Å². The molecule has 0 saturated carbocycles. The molecule has 31 heavy (non-hydrogen) atoms. The molecule has 2 atom stereocenters. The van der Waals surface area contributed by atoms with Crippen molar-refractivity contribution in [3.8, 4) is 11.8 Å². The van der Waals surface area contributed by atoms with E-state index in [1.807, 2.05) is 59.6 Å². The van der Waals surface area contributed by atoms with Crippen LogP contribution in [-0.4, -0.2) is 34.0 Å². The number of fused-ring (bicyclic) bond motifs is 3. The first-order valence-electron chi connectivity index (χ1n) is 10.2. The van der Waals surface area contributed by atoms with Gasteiger partial charge in [0.05, 0.1) is 18.4 Å². The number of hydrogen-bond acceptors (Lipinski definition) is 6. The predicted octanol–water partition coefficient (Wildman–Crippen LogP) is 3.18. The van der Waals surface area contributed by atoms with E-state index < -0.39 is 23.1 Å². The molecule has 1 aromatic carbocycles. The van der Waals surface area contributed by atoms with Gasteiger partial charge in [0, 0.05) is 16.7 Å². The first-order chi connectivity index (χ1) is 14.8. The number of ether oxygens (including phenoxy) is 1. The molecule has 1 aliphatic carbocycles. The Bertz CT molecular complexity index is 1070. The molecule has 1 aromatic rings. The van der Waals surface area contributed by atoms with Crippen LogP contribution in [0.1, 0.15) is 38.8 Å². The lowest BCUT2D eigenvalue weighted by atomic mass is 9.88. The molecule has 2 heterocycles. The van der Waals surface area contributed by atoms with Crippen molar-refractivity contribution >= 4 is 17.4 Å². The second kappa shape index (κ2) is 7.88. The SMILES string of the molecule is CC(C)(C)NC(=O)C(C#N)C(=O)C1=NN(C2C=CCC=C2)C2C1=COc1ccccc12. The number of amides is 1. The highest BCUT2D eigenvalue weighted by atomic mass is 16.5. The summed E-state index contributed by atoms with van der Waals surface area (Å²) in [5, 5.41) is 18.8. The molecular weight excluding hydrogens is 392 g/mol. The standard InChI is InChI=1S/C24H24N4O3/c1-24(2,3)26-23(30)17(13-25)22(29)20-18-14-31-19-12-8-7-11-16(19)21(18)28(27-20)15-9-5-4-6-10-15/h5-12,14-15,17,21H,4H2,1-3H3,(H,26,30). The Morgan fingerprint density at radius 2 is 1.97 bits per heavy atom. The first kappa shape index (κ1) is 20.6. The maximum absolute atomic E-state index is 13.3. The number of nitriles is 1. The fourth-order valence-corrected chi connectivity index (χ4v) is 3.87. The zero-order valence-corrected chi connectivity index (χ0v) is 17.7. The fourth-order valence-electron chi connectivity index (χ4n) is 3.87. The number of rotatable bonds is 4. The molecule has 0 bridgehead atoms. The van der Waals surface area contributed by atoms with Crippen LogP contribution in [-0.2, 0) is 9.59 Å². The van der Waals surface area contributed by atoms with E-state index in [4.69, 9.17) is 4.74 Å². The van der Waals surface area contributed by atoms with Crippen molar-refractivity contribution in [3.63, 3.8) is 0 Å². The maximum Gasteiger partial charge on any atom is 0.245 e. The smallest absolute Gasteiger partial charge is 0.245 e. The molecule has 4 rings (SSSR count). The highest BCUT2D eigenvalue weighted by Gasteiger charge is 2.45. The summed E-state index contributed by atoms with van der Waals surface area (Å²) in [6, 6.07) is 8.95. The molecule has 0 saturated heterocycles. The molecule has 158 valence electrons. The molecule has 7 nitrogen and oxygen atoms in total. The van der Waals surface area contributed by atoms with Crippen molar-refractivity contribution in [2.24, 2.45) is 11.0 Å². The van der Waals surface area contributed by atoms with Crippen molar-refractivity contribution in [1.82, 2.24) is 10.3 Å². The highest BCUT2D eigenvalue weighted by Crippen LogP contribution is 2.44. The number of para-hydroxylation sites is 1. The molecule has 2 aliphatic heterocycles. The highest BCUT2D eigenvalue weighted by molar-refractivity contribution is 6.50. The molecule has 2 unspecified atom stereocenters. The van der Waals surface area contributed by atoms with Crippen LogP contribution < -0.4 is 10.1 Å². The third kappa shape index (κ3) is 3.89. The summed E-state index contributed by atoms with van der Waals surface area (Å²) in [5.41, 5.74) is 0.955. The molecule has 1 amide bonds. The van der Waals surface area contributed by atoms with Gasteiger partial charge in [0.25, 0.3) is 0 Å². The number of nitrogens with zero attached hydrogens (tertiary/aromatic N) is 3. The van der Waals surface area contributed by atoms with Crippen LogP contribution in [0.15, 0.2) is 65.5 Å². The van der Waals surface area contributed by atoms with Gasteiger partial charge in [0.15, 0.2) is 5.92 Å². The van der Waals surface area contributed by atoms with E-state index in [9.17, 15) is 14.9 Å². The minimum atomic E-state index is -1.49. The molecule has 0 radical (unpaired) electrons. The summed E-state index contributed by atoms with van der Waals surface area (Å²) >= 11 is 0. The predicted molar refractivity (Wildman–Crippen MR) is 116 cm³/mol. The van der Waals surface area contributed by atoms with Crippen LogP contribution in [0.3, 0.4) is 0 Å². The molecule has 1 N–H and O–H groups in total. The Labute approximate surface area is 181 Å². The van der Waals surface area contributed by atoms with Crippen molar-refractivity contribution in [1.29, 1.82) is 5.26 Å². The maximum atomic E-state index is 13.3.